The van der Waals surface area contributed by atoms with Crippen molar-refractivity contribution in [1.29, 1.82) is 0 Å². The second kappa shape index (κ2) is 8.75. The van der Waals surface area contributed by atoms with E-state index < -0.39 is 24.4 Å². The van der Waals surface area contributed by atoms with Gasteiger partial charge in [0.2, 0.25) is 11.1 Å². The lowest BCUT2D eigenvalue weighted by Gasteiger charge is -2.13. The Kier molecular flexibility index (Phi) is 6.15. The number of benzene rings is 2. The van der Waals surface area contributed by atoms with Crippen LogP contribution in [0.1, 0.15) is 18.4 Å². The summed E-state index contributed by atoms with van der Waals surface area (Å²) in [5.74, 6) is -0.494. The van der Waals surface area contributed by atoms with Gasteiger partial charge in [0.1, 0.15) is 5.75 Å². The van der Waals surface area contributed by atoms with E-state index in [9.17, 15) is 9.59 Å². The average Bonchev–Trinajstić information content (AvgIpc) is 3.18. The van der Waals surface area contributed by atoms with E-state index in [1.807, 2.05) is 42.7 Å². The molecule has 1 aromatic heterocycles. The third kappa shape index (κ3) is 4.61. The van der Waals surface area contributed by atoms with E-state index in [2.05, 4.69) is 20.5 Å². The number of nitrogens with zero attached hydrogens (tertiary/aromatic N) is 2. The Hall–Kier alpha value is -3.07. The molecule has 0 radical (unpaired) electrons. The molecule has 0 saturated heterocycles. The SMILES string of the molecule is COc1ccc2cc([C@@H](C)C(=O)OCC(=O)Nc3nc(SC)n[nH]3)ccc2c1. The first-order chi connectivity index (χ1) is 13.5. The zero-order valence-electron chi connectivity index (χ0n) is 15.7. The number of hydrogen-bond acceptors (Lipinski definition) is 7. The number of methoxy groups -OCH3 is 1. The molecule has 28 heavy (non-hydrogen) atoms. The minimum absolute atomic E-state index is 0.211. The summed E-state index contributed by atoms with van der Waals surface area (Å²) in [6, 6.07) is 11.5. The van der Waals surface area contributed by atoms with Crippen LogP contribution in [0, 0.1) is 0 Å². The van der Waals surface area contributed by atoms with Gasteiger partial charge in [-0.15, -0.1) is 5.10 Å². The van der Waals surface area contributed by atoms with Crippen molar-refractivity contribution in [3.63, 3.8) is 0 Å². The third-order valence-electron chi connectivity index (χ3n) is 4.18. The summed E-state index contributed by atoms with van der Waals surface area (Å²) >= 11 is 1.34. The minimum atomic E-state index is -0.507. The summed E-state index contributed by atoms with van der Waals surface area (Å²) in [5.41, 5.74) is 0.808. The summed E-state index contributed by atoms with van der Waals surface area (Å²) in [5, 5.41) is 11.5. The number of hydrogen-bond donors (Lipinski definition) is 2. The van der Waals surface area contributed by atoms with Gasteiger partial charge in [-0.1, -0.05) is 36.0 Å². The van der Waals surface area contributed by atoms with Crippen molar-refractivity contribution in [3.05, 3.63) is 42.0 Å². The summed E-state index contributed by atoms with van der Waals surface area (Å²) in [6.07, 6.45) is 1.82. The number of H-pyrrole nitrogens is 1. The number of thioether (sulfide) groups is 1. The molecule has 1 atom stereocenters. The van der Waals surface area contributed by atoms with Gasteiger partial charge >= 0.3 is 5.97 Å². The second-order valence-electron chi connectivity index (χ2n) is 6.02. The molecule has 0 aliphatic rings. The zero-order chi connectivity index (χ0) is 20.1. The molecule has 0 bridgehead atoms. The van der Waals surface area contributed by atoms with Crippen molar-refractivity contribution in [3.8, 4) is 5.75 Å². The number of esters is 1. The number of nitrogens with one attached hydrogen (secondary N) is 2. The highest BCUT2D eigenvalue weighted by Gasteiger charge is 2.19. The van der Waals surface area contributed by atoms with Crippen LogP contribution < -0.4 is 10.1 Å². The molecule has 0 saturated carbocycles. The Labute approximate surface area is 166 Å². The van der Waals surface area contributed by atoms with Crippen LogP contribution in [0.3, 0.4) is 0 Å². The summed E-state index contributed by atoms with van der Waals surface area (Å²) < 4.78 is 10.4. The van der Waals surface area contributed by atoms with Gasteiger partial charge in [0.25, 0.3) is 5.91 Å². The van der Waals surface area contributed by atoms with Gasteiger partial charge in [-0.05, 0) is 41.6 Å². The van der Waals surface area contributed by atoms with E-state index in [0.717, 1.165) is 22.1 Å². The molecule has 3 aromatic rings. The van der Waals surface area contributed by atoms with Crippen LogP contribution in [0.2, 0.25) is 0 Å². The number of fused-ring (bicyclic) bond motifs is 1. The standard InChI is InChI=1S/C19H20N4O4S/c1-11(12-4-5-14-9-15(26-2)7-6-13(14)8-12)17(25)27-10-16(24)20-18-21-19(28-3)23-22-18/h4-9,11H,10H2,1-3H3,(H2,20,21,22,23,24)/t11-/m1/s1. The van der Waals surface area contributed by atoms with Crippen molar-refractivity contribution in [2.45, 2.75) is 18.0 Å². The largest absolute Gasteiger partial charge is 0.497 e. The highest BCUT2D eigenvalue weighted by molar-refractivity contribution is 7.98. The van der Waals surface area contributed by atoms with Crippen LogP contribution in [-0.4, -0.2) is 47.0 Å². The Morgan fingerprint density at radius 2 is 1.96 bits per heavy atom. The maximum absolute atomic E-state index is 12.3. The Morgan fingerprint density at radius 3 is 2.68 bits per heavy atom. The maximum Gasteiger partial charge on any atom is 0.313 e. The van der Waals surface area contributed by atoms with Gasteiger partial charge in [-0.3, -0.25) is 14.9 Å². The molecule has 9 heteroatoms. The molecule has 0 aliphatic heterocycles. The van der Waals surface area contributed by atoms with E-state index in [1.54, 1.807) is 14.0 Å². The number of anilines is 1. The van der Waals surface area contributed by atoms with E-state index in [-0.39, 0.29) is 5.95 Å². The van der Waals surface area contributed by atoms with Crippen LogP contribution in [-0.2, 0) is 14.3 Å². The van der Waals surface area contributed by atoms with Crippen LogP contribution >= 0.6 is 11.8 Å². The fourth-order valence-corrected chi connectivity index (χ4v) is 2.92. The number of ether oxygens (including phenoxy) is 2. The van der Waals surface area contributed by atoms with Crippen molar-refractivity contribution < 1.29 is 19.1 Å². The molecule has 8 nitrogen and oxygen atoms in total. The minimum Gasteiger partial charge on any atom is -0.497 e. The number of rotatable bonds is 7. The Morgan fingerprint density at radius 1 is 1.21 bits per heavy atom. The van der Waals surface area contributed by atoms with Crippen molar-refractivity contribution in [1.82, 2.24) is 15.2 Å². The monoisotopic (exact) mass is 400 g/mol. The maximum atomic E-state index is 12.3. The van der Waals surface area contributed by atoms with Crippen molar-refractivity contribution in [2.75, 3.05) is 25.3 Å². The number of aromatic amines is 1. The van der Waals surface area contributed by atoms with Crippen LogP contribution in [0.25, 0.3) is 10.8 Å². The Balaban J connectivity index is 1.59. The fraction of sp³-hybridized carbons (Fsp3) is 0.263. The van der Waals surface area contributed by atoms with E-state index >= 15 is 0 Å². The molecule has 0 fully saturated rings. The molecular weight excluding hydrogens is 380 g/mol. The fourth-order valence-electron chi connectivity index (χ4n) is 2.60. The average molecular weight is 400 g/mol. The smallest absolute Gasteiger partial charge is 0.313 e. The van der Waals surface area contributed by atoms with Gasteiger partial charge in [0, 0.05) is 0 Å². The van der Waals surface area contributed by atoms with Crippen molar-refractivity contribution in [2.24, 2.45) is 0 Å². The first-order valence-corrected chi connectivity index (χ1v) is 9.73. The van der Waals surface area contributed by atoms with Gasteiger partial charge in [-0.25, -0.2) is 5.10 Å². The summed E-state index contributed by atoms with van der Waals surface area (Å²) in [6.45, 7) is 1.34. The van der Waals surface area contributed by atoms with E-state index in [0.29, 0.717) is 5.16 Å². The molecule has 0 aliphatic carbocycles. The van der Waals surface area contributed by atoms with E-state index in [4.69, 9.17) is 9.47 Å². The lowest BCUT2D eigenvalue weighted by molar-refractivity contribution is -0.148. The Bertz CT molecular complexity index is 1000. The molecule has 0 spiro atoms. The predicted molar refractivity (Wildman–Crippen MR) is 107 cm³/mol. The molecule has 2 aromatic carbocycles. The van der Waals surface area contributed by atoms with Crippen molar-refractivity contribution >= 4 is 40.4 Å². The highest BCUT2D eigenvalue weighted by atomic mass is 32.2. The number of carbonyl (C=O) groups excluding carboxylic acids is 2. The summed E-state index contributed by atoms with van der Waals surface area (Å²) in [7, 11) is 1.62. The quantitative estimate of drug-likeness (QED) is 0.464. The molecule has 3 rings (SSSR count). The van der Waals surface area contributed by atoms with Crippen LogP contribution in [0.5, 0.6) is 5.75 Å². The third-order valence-corrected chi connectivity index (χ3v) is 4.72. The van der Waals surface area contributed by atoms with Gasteiger partial charge in [0.15, 0.2) is 6.61 Å². The molecule has 2 N–H and O–H groups in total. The predicted octanol–water partition coefficient (Wildman–Crippen LogP) is 2.97. The summed E-state index contributed by atoms with van der Waals surface area (Å²) in [4.78, 5) is 28.3. The van der Waals surface area contributed by atoms with Crippen LogP contribution in [0.15, 0.2) is 41.6 Å². The number of aromatic nitrogens is 3. The normalized spacial score (nSPS) is 11.8. The van der Waals surface area contributed by atoms with Gasteiger partial charge in [-0.2, -0.15) is 4.98 Å². The number of amides is 1. The molecular formula is C19H20N4O4S. The zero-order valence-corrected chi connectivity index (χ0v) is 16.5. The molecule has 0 unspecified atom stereocenters. The first kappa shape index (κ1) is 19.7. The van der Waals surface area contributed by atoms with E-state index in [1.165, 1.54) is 11.8 Å². The lowest BCUT2D eigenvalue weighted by Crippen LogP contribution is -2.23. The van der Waals surface area contributed by atoms with Gasteiger partial charge < -0.3 is 9.47 Å². The topological polar surface area (TPSA) is 106 Å². The lowest BCUT2D eigenvalue weighted by atomic mass is 9.98. The molecule has 1 heterocycles. The van der Waals surface area contributed by atoms with Crippen LogP contribution in [0.4, 0.5) is 5.95 Å². The highest BCUT2D eigenvalue weighted by Crippen LogP contribution is 2.25. The second-order valence-corrected chi connectivity index (χ2v) is 6.79. The van der Waals surface area contributed by atoms with Gasteiger partial charge in [0.05, 0.1) is 13.0 Å². The first-order valence-electron chi connectivity index (χ1n) is 8.50. The number of carbonyl (C=O) groups is 2. The molecule has 146 valence electrons. The molecule has 1 amide bonds.